The monoisotopic (exact) mass is 437 g/mol. The van der Waals surface area contributed by atoms with Gasteiger partial charge in [0, 0.05) is 24.9 Å². The quantitative estimate of drug-likeness (QED) is 0.429. The minimum atomic E-state index is -0.423. The summed E-state index contributed by atoms with van der Waals surface area (Å²) >= 11 is 5.58. The number of methoxy groups -OCH3 is 1. The van der Waals surface area contributed by atoms with Crippen molar-refractivity contribution in [3.8, 4) is 11.3 Å². The second-order valence-corrected chi connectivity index (χ2v) is 7.52. The molecule has 1 aliphatic rings. The smallest absolute Gasteiger partial charge is 0.338 e. The Hall–Kier alpha value is -3.23. The molecule has 160 valence electrons. The van der Waals surface area contributed by atoms with E-state index >= 15 is 0 Å². The fraction of sp³-hybridized carbons (Fsp3) is 0.261. The Morgan fingerprint density at radius 1 is 1.23 bits per heavy atom. The van der Waals surface area contributed by atoms with Gasteiger partial charge in [-0.25, -0.2) is 4.79 Å². The largest absolute Gasteiger partial charge is 0.465 e. The van der Waals surface area contributed by atoms with E-state index in [2.05, 4.69) is 10.3 Å². The van der Waals surface area contributed by atoms with Gasteiger partial charge in [-0.1, -0.05) is 24.3 Å². The van der Waals surface area contributed by atoms with E-state index in [1.807, 2.05) is 47.4 Å². The van der Waals surface area contributed by atoms with E-state index in [-0.39, 0.29) is 18.7 Å². The number of hydrogen-bond acceptors (Lipinski definition) is 6. The van der Waals surface area contributed by atoms with Gasteiger partial charge in [0.05, 0.1) is 24.4 Å². The number of rotatable bonds is 7. The van der Waals surface area contributed by atoms with Crippen molar-refractivity contribution in [1.29, 1.82) is 0 Å². The maximum Gasteiger partial charge on any atom is 0.338 e. The molecule has 0 saturated carbocycles. The molecular formula is C23H23N3O4S. The van der Waals surface area contributed by atoms with Crippen LogP contribution in [-0.4, -0.2) is 46.3 Å². The van der Waals surface area contributed by atoms with Crippen LogP contribution in [0.2, 0.25) is 0 Å². The molecule has 2 atom stereocenters. The van der Waals surface area contributed by atoms with Gasteiger partial charge < -0.3 is 24.5 Å². The Balaban J connectivity index is 1.73. The fourth-order valence-corrected chi connectivity index (χ4v) is 4.17. The number of pyridine rings is 1. The van der Waals surface area contributed by atoms with Crippen LogP contribution in [0.4, 0.5) is 0 Å². The van der Waals surface area contributed by atoms with Gasteiger partial charge in [-0.2, -0.15) is 0 Å². The van der Waals surface area contributed by atoms with Gasteiger partial charge in [0.1, 0.15) is 17.6 Å². The standard InChI is InChI=1S/C23H23N3O4S/c1-29-22(28)16-8-3-2-7-15(16)18-10-11-19(30-18)21-20(17-9-4-5-12-24-17)25-23(31)26(21)13-6-14-27/h2-5,7-12,20-21,27H,6,13-14H2,1H3,(H,25,31)/t20-,21-/m1/s1. The average molecular weight is 438 g/mol. The highest BCUT2D eigenvalue weighted by Gasteiger charge is 2.41. The Morgan fingerprint density at radius 3 is 2.77 bits per heavy atom. The molecule has 31 heavy (non-hydrogen) atoms. The number of aliphatic hydroxyl groups is 1. The summed E-state index contributed by atoms with van der Waals surface area (Å²) in [6.07, 6.45) is 2.32. The minimum absolute atomic E-state index is 0.0655. The van der Waals surface area contributed by atoms with E-state index in [4.69, 9.17) is 21.4 Å². The lowest BCUT2D eigenvalue weighted by molar-refractivity contribution is 0.0601. The predicted octanol–water partition coefficient (Wildman–Crippen LogP) is 3.48. The molecule has 0 aliphatic carbocycles. The van der Waals surface area contributed by atoms with Crippen molar-refractivity contribution in [2.45, 2.75) is 18.5 Å². The molecule has 0 spiro atoms. The molecule has 3 aromatic rings. The summed E-state index contributed by atoms with van der Waals surface area (Å²) in [5, 5.41) is 13.3. The van der Waals surface area contributed by atoms with Gasteiger partial charge in [-0.05, 0) is 49.0 Å². The highest BCUT2D eigenvalue weighted by molar-refractivity contribution is 7.80. The van der Waals surface area contributed by atoms with E-state index < -0.39 is 5.97 Å². The number of carbonyl (C=O) groups is 1. The van der Waals surface area contributed by atoms with Crippen molar-refractivity contribution in [2.75, 3.05) is 20.3 Å². The zero-order valence-electron chi connectivity index (χ0n) is 17.0. The Bertz CT molecular complexity index is 1070. The molecule has 2 aromatic heterocycles. The Kier molecular flexibility index (Phi) is 6.29. The molecule has 8 heteroatoms. The summed E-state index contributed by atoms with van der Waals surface area (Å²) in [6.45, 7) is 0.640. The van der Waals surface area contributed by atoms with E-state index in [1.54, 1.807) is 18.3 Å². The number of aromatic nitrogens is 1. The lowest BCUT2D eigenvalue weighted by Gasteiger charge is -2.25. The lowest BCUT2D eigenvalue weighted by atomic mass is 10.0. The molecule has 0 amide bonds. The fourth-order valence-electron chi connectivity index (χ4n) is 3.84. The maximum atomic E-state index is 12.2. The third-order valence-corrected chi connectivity index (χ3v) is 5.62. The summed E-state index contributed by atoms with van der Waals surface area (Å²) in [5.41, 5.74) is 1.93. The molecule has 4 rings (SSSR count). The van der Waals surface area contributed by atoms with Crippen molar-refractivity contribution >= 4 is 23.3 Å². The number of thiocarbonyl (C=S) groups is 1. The van der Waals surface area contributed by atoms with Crippen LogP contribution in [0.25, 0.3) is 11.3 Å². The number of benzene rings is 1. The van der Waals surface area contributed by atoms with E-state index in [0.717, 1.165) is 5.69 Å². The highest BCUT2D eigenvalue weighted by atomic mass is 32.1. The topological polar surface area (TPSA) is 87.8 Å². The van der Waals surface area contributed by atoms with Crippen molar-refractivity contribution < 1.29 is 19.1 Å². The van der Waals surface area contributed by atoms with Crippen molar-refractivity contribution in [3.63, 3.8) is 0 Å². The first kappa shape index (κ1) is 21.0. The first-order valence-electron chi connectivity index (χ1n) is 10.0. The van der Waals surface area contributed by atoms with Gasteiger partial charge in [-0.15, -0.1) is 0 Å². The molecule has 1 saturated heterocycles. The molecule has 0 radical (unpaired) electrons. The average Bonchev–Trinajstić information content (AvgIpc) is 3.42. The van der Waals surface area contributed by atoms with Crippen molar-refractivity contribution in [3.05, 3.63) is 77.8 Å². The molecule has 2 N–H and O–H groups in total. The molecule has 3 heterocycles. The summed E-state index contributed by atoms with van der Waals surface area (Å²) in [5.74, 6) is 0.833. The first-order chi connectivity index (χ1) is 15.1. The van der Waals surface area contributed by atoms with Crippen LogP contribution < -0.4 is 5.32 Å². The third-order valence-electron chi connectivity index (χ3n) is 5.27. The number of carbonyl (C=O) groups excluding carboxylic acids is 1. The van der Waals surface area contributed by atoms with Crippen LogP contribution in [0.1, 0.15) is 40.3 Å². The molecule has 0 bridgehead atoms. The van der Waals surface area contributed by atoms with Crippen LogP contribution in [-0.2, 0) is 4.74 Å². The highest BCUT2D eigenvalue weighted by Crippen LogP contribution is 2.40. The van der Waals surface area contributed by atoms with Crippen LogP contribution in [0.15, 0.2) is 65.2 Å². The Morgan fingerprint density at radius 2 is 2.03 bits per heavy atom. The van der Waals surface area contributed by atoms with Gasteiger partial charge >= 0.3 is 5.97 Å². The summed E-state index contributed by atoms with van der Waals surface area (Å²) in [4.78, 5) is 18.7. The summed E-state index contributed by atoms with van der Waals surface area (Å²) in [6, 6.07) is 16.2. The lowest BCUT2D eigenvalue weighted by Crippen LogP contribution is -2.30. The van der Waals surface area contributed by atoms with Gasteiger partial charge in [0.25, 0.3) is 0 Å². The zero-order chi connectivity index (χ0) is 21.8. The van der Waals surface area contributed by atoms with Crippen LogP contribution in [0.3, 0.4) is 0 Å². The third kappa shape index (κ3) is 4.17. The first-order valence-corrected chi connectivity index (χ1v) is 10.4. The van der Waals surface area contributed by atoms with E-state index in [9.17, 15) is 9.90 Å². The number of nitrogens with zero attached hydrogens (tertiary/aromatic N) is 2. The van der Waals surface area contributed by atoms with Gasteiger partial charge in [-0.3, -0.25) is 4.98 Å². The maximum absolute atomic E-state index is 12.2. The number of hydrogen-bond donors (Lipinski definition) is 2. The molecule has 1 fully saturated rings. The second-order valence-electron chi connectivity index (χ2n) is 7.14. The molecule has 7 nitrogen and oxygen atoms in total. The minimum Gasteiger partial charge on any atom is -0.465 e. The number of furan rings is 1. The van der Waals surface area contributed by atoms with E-state index in [1.165, 1.54) is 7.11 Å². The number of nitrogens with one attached hydrogen (secondary N) is 1. The van der Waals surface area contributed by atoms with Crippen LogP contribution >= 0.6 is 12.2 Å². The van der Waals surface area contributed by atoms with Gasteiger partial charge in [0.15, 0.2) is 5.11 Å². The van der Waals surface area contributed by atoms with Crippen molar-refractivity contribution in [1.82, 2.24) is 15.2 Å². The second kappa shape index (κ2) is 9.28. The number of ether oxygens (including phenoxy) is 1. The molecule has 0 unspecified atom stereocenters. The van der Waals surface area contributed by atoms with Crippen LogP contribution in [0, 0.1) is 0 Å². The molecule has 1 aliphatic heterocycles. The normalized spacial score (nSPS) is 18.1. The van der Waals surface area contributed by atoms with Crippen molar-refractivity contribution in [2.24, 2.45) is 0 Å². The molecular weight excluding hydrogens is 414 g/mol. The van der Waals surface area contributed by atoms with Gasteiger partial charge in [0.2, 0.25) is 0 Å². The summed E-state index contributed by atoms with van der Waals surface area (Å²) in [7, 11) is 1.36. The van der Waals surface area contributed by atoms with Crippen LogP contribution in [0.5, 0.6) is 0 Å². The zero-order valence-corrected chi connectivity index (χ0v) is 17.8. The predicted molar refractivity (Wildman–Crippen MR) is 119 cm³/mol. The van der Waals surface area contributed by atoms with E-state index in [0.29, 0.717) is 40.7 Å². The molecule has 1 aromatic carbocycles. The number of esters is 1. The summed E-state index contributed by atoms with van der Waals surface area (Å²) < 4.78 is 11.2. The SMILES string of the molecule is COC(=O)c1ccccc1-c1ccc([C@@H]2[C@@H](c3ccccn3)NC(=S)N2CCCO)o1. The number of aliphatic hydroxyl groups excluding tert-OH is 1. The Labute approximate surface area is 185 Å².